The molecule has 0 radical (unpaired) electrons. The van der Waals surface area contributed by atoms with Crippen LogP contribution in [-0.4, -0.2) is 21.6 Å². The Kier molecular flexibility index (Phi) is 4.20. The van der Waals surface area contributed by atoms with Gasteiger partial charge in [-0.15, -0.1) is 0 Å². The van der Waals surface area contributed by atoms with Crippen LogP contribution in [0.5, 0.6) is 0 Å². The van der Waals surface area contributed by atoms with Crippen LogP contribution in [0, 0.1) is 0 Å². The molecule has 1 aromatic heterocycles. The van der Waals surface area contributed by atoms with Gasteiger partial charge in [0.25, 0.3) is 5.91 Å². The molecule has 2 rings (SSSR count). The lowest BCUT2D eigenvalue weighted by Gasteiger charge is -2.15. The van der Waals surface area contributed by atoms with E-state index in [1.807, 2.05) is 6.92 Å². The van der Waals surface area contributed by atoms with Crippen molar-refractivity contribution in [2.45, 2.75) is 19.5 Å². The average Bonchev–Trinajstić information content (AvgIpc) is 2.93. The predicted octanol–water partition coefficient (Wildman–Crippen LogP) is 2.06. The number of aliphatic carboxylic acids is 1. The Morgan fingerprint density at radius 3 is 2.50 bits per heavy atom. The van der Waals surface area contributed by atoms with Crippen LogP contribution in [-0.2, 0) is 11.3 Å². The highest BCUT2D eigenvalue weighted by Gasteiger charge is 2.23. The second-order valence-corrected chi connectivity index (χ2v) is 4.33. The minimum Gasteiger partial charge on any atom is -0.479 e. The van der Waals surface area contributed by atoms with Crippen LogP contribution in [0.2, 0.25) is 0 Å². The van der Waals surface area contributed by atoms with Crippen LogP contribution in [0.4, 0.5) is 0 Å². The summed E-state index contributed by atoms with van der Waals surface area (Å²) in [6, 6.07) is 11.0. The number of amides is 1. The first-order valence-electron chi connectivity index (χ1n) is 6.37. The Bertz CT molecular complexity index is 605. The third-order valence-electron chi connectivity index (χ3n) is 3.06. The number of hydrogen-bond donors (Lipinski definition) is 2. The molecular formula is C15H16N2O3. The highest BCUT2D eigenvalue weighted by atomic mass is 16.4. The van der Waals surface area contributed by atoms with Crippen molar-refractivity contribution in [3.63, 3.8) is 0 Å². The SMILES string of the molecule is CCn1cccc1C(=O)N[C@H](C(=O)O)c1ccccc1. The molecule has 2 aromatic rings. The first-order chi connectivity index (χ1) is 9.63. The van der Waals surface area contributed by atoms with Gasteiger partial charge in [0.05, 0.1) is 0 Å². The summed E-state index contributed by atoms with van der Waals surface area (Å²) in [7, 11) is 0. The first kappa shape index (κ1) is 13.9. The first-order valence-corrected chi connectivity index (χ1v) is 6.37. The molecule has 0 saturated carbocycles. The summed E-state index contributed by atoms with van der Waals surface area (Å²) in [5, 5.41) is 11.8. The molecule has 0 aliphatic rings. The molecule has 0 spiro atoms. The molecule has 1 aromatic carbocycles. The number of nitrogens with zero attached hydrogens (tertiary/aromatic N) is 1. The molecule has 5 nitrogen and oxygen atoms in total. The van der Waals surface area contributed by atoms with Gasteiger partial charge in [0.2, 0.25) is 0 Å². The van der Waals surface area contributed by atoms with Gasteiger partial charge in [0, 0.05) is 12.7 Å². The molecule has 0 fully saturated rings. The second kappa shape index (κ2) is 6.06. The third kappa shape index (κ3) is 2.88. The number of nitrogens with one attached hydrogen (secondary N) is 1. The van der Waals surface area contributed by atoms with Gasteiger partial charge in [-0.3, -0.25) is 4.79 Å². The largest absolute Gasteiger partial charge is 0.479 e. The number of carbonyl (C=O) groups excluding carboxylic acids is 1. The van der Waals surface area contributed by atoms with Crippen molar-refractivity contribution in [2.75, 3.05) is 0 Å². The minimum absolute atomic E-state index is 0.395. The van der Waals surface area contributed by atoms with Crippen LogP contribution >= 0.6 is 0 Å². The van der Waals surface area contributed by atoms with E-state index in [9.17, 15) is 14.7 Å². The van der Waals surface area contributed by atoms with E-state index in [0.29, 0.717) is 17.8 Å². The van der Waals surface area contributed by atoms with Crippen molar-refractivity contribution in [3.8, 4) is 0 Å². The van der Waals surface area contributed by atoms with E-state index in [-0.39, 0.29) is 0 Å². The van der Waals surface area contributed by atoms with Gasteiger partial charge in [-0.2, -0.15) is 0 Å². The molecule has 0 bridgehead atoms. The maximum atomic E-state index is 12.2. The zero-order valence-corrected chi connectivity index (χ0v) is 11.1. The number of rotatable bonds is 5. The third-order valence-corrected chi connectivity index (χ3v) is 3.06. The normalized spacial score (nSPS) is 11.8. The number of carbonyl (C=O) groups is 2. The Morgan fingerprint density at radius 2 is 1.90 bits per heavy atom. The van der Waals surface area contributed by atoms with Gasteiger partial charge in [-0.05, 0) is 24.6 Å². The molecule has 5 heteroatoms. The smallest absolute Gasteiger partial charge is 0.330 e. The van der Waals surface area contributed by atoms with Gasteiger partial charge in [0.15, 0.2) is 6.04 Å². The monoisotopic (exact) mass is 272 g/mol. The van der Waals surface area contributed by atoms with Crippen LogP contribution < -0.4 is 5.32 Å². The molecule has 0 unspecified atom stereocenters. The van der Waals surface area contributed by atoms with E-state index in [0.717, 1.165) is 0 Å². The Labute approximate surface area is 116 Å². The standard InChI is InChI=1S/C15H16N2O3/c1-2-17-10-6-9-12(17)14(18)16-13(15(19)20)11-7-4-3-5-8-11/h3-10,13H,2H2,1H3,(H,16,18)(H,19,20)/t13-/m0/s1. The van der Waals surface area contributed by atoms with E-state index < -0.39 is 17.9 Å². The van der Waals surface area contributed by atoms with Crippen LogP contribution in [0.1, 0.15) is 29.0 Å². The Morgan fingerprint density at radius 1 is 1.20 bits per heavy atom. The number of carboxylic acid groups (broad SMARTS) is 1. The second-order valence-electron chi connectivity index (χ2n) is 4.33. The summed E-state index contributed by atoms with van der Waals surface area (Å²) in [5.41, 5.74) is 0.998. The van der Waals surface area contributed by atoms with Gasteiger partial charge < -0.3 is 15.0 Å². The molecule has 20 heavy (non-hydrogen) atoms. The maximum Gasteiger partial charge on any atom is 0.330 e. The highest BCUT2D eigenvalue weighted by molar-refractivity contribution is 5.95. The predicted molar refractivity (Wildman–Crippen MR) is 74.4 cm³/mol. The van der Waals surface area contributed by atoms with E-state index in [1.54, 1.807) is 53.2 Å². The van der Waals surface area contributed by atoms with Crippen molar-refractivity contribution < 1.29 is 14.7 Å². The Balaban J connectivity index is 2.21. The summed E-state index contributed by atoms with van der Waals surface area (Å²) in [5.74, 6) is -1.48. The van der Waals surface area contributed by atoms with E-state index in [4.69, 9.17) is 0 Å². The molecule has 1 heterocycles. The summed E-state index contributed by atoms with van der Waals surface area (Å²) in [4.78, 5) is 23.5. The average molecular weight is 272 g/mol. The summed E-state index contributed by atoms with van der Waals surface area (Å²) in [6.45, 7) is 2.57. The lowest BCUT2D eigenvalue weighted by molar-refractivity contribution is -0.139. The molecule has 1 amide bonds. The van der Waals surface area contributed by atoms with Gasteiger partial charge >= 0.3 is 5.97 Å². The minimum atomic E-state index is -1.08. The number of aryl methyl sites for hydroxylation is 1. The molecule has 0 saturated heterocycles. The number of carboxylic acids is 1. The quantitative estimate of drug-likeness (QED) is 0.875. The van der Waals surface area contributed by atoms with E-state index in [1.165, 1.54) is 0 Å². The zero-order valence-electron chi connectivity index (χ0n) is 11.1. The maximum absolute atomic E-state index is 12.2. The Hall–Kier alpha value is -2.56. The van der Waals surface area contributed by atoms with Crippen LogP contribution in [0.15, 0.2) is 48.7 Å². The van der Waals surface area contributed by atoms with Crippen molar-refractivity contribution in [1.29, 1.82) is 0 Å². The molecule has 0 aliphatic heterocycles. The topological polar surface area (TPSA) is 71.3 Å². The zero-order chi connectivity index (χ0) is 14.5. The molecular weight excluding hydrogens is 256 g/mol. The molecule has 104 valence electrons. The number of hydrogen-bond acceptors (Lipinski definition) is 2. The van der Waals surface area contributed by atoms with Gasteiger partial charge in [-0.25, -0.2) is 4.79 Å². The fourth-order valence-electron chi connectivity index (χ4n) is 2.03. The number of aromatic nitrogens is 1. The number of benzene rings is 1. The van der Waals surface area contributed by atoms with Crippen molar-refractivity contribution >= 4 is 11.9 Å². The fraction of sp³-hybridized carbons (Fsp3) is 0.200. The van der Waals surface area contributed by atoms with Gasteiger partial charge in [0.1, 0.15) is 5.69 Å². The molecule has 0 aliphatic carbocycles. The van der Waals surface area contributed by atoms with Crippen molar-refractivity contribution in [2.24, 2.45) is 0 Å². The lowest BCUT2D eigenvalue weighted by atomic mass is 10.1. The summed E-state index contributed by atoms with van der Waals surface area (Å²) >= 11 is 0. The van der Waals surface area contributed by atoms with Crippen LogP contribution in [0.3, 0.4) is 0 Å². The van der Waals surface area contributed by atoms with Crippen molar-refractivity contribution in [3.05, 3.63) is 59.9 Å². The molecule has 2 N–H and O–H groups in total. The fourth-order valence-corrected chi connectivity index (χ4v) is 2.03. The van der Waals surface area contributed by atoms with Gasteiger partial charge in [-0.1, -0.05) is 30.3 Å². The molecule has 1 atom stereocenters. The van der Waals surface area contributed by atoms with Crippen molar-refractivity contribution in [1.82, 2.24) is 9.88 Å². The lowest BCUT2D eigenvalue weighted by Crippen LogP contribution is -2.34. The van der Waals surface area contributed by atoms with E-state index >= 15 is 0 Å². The highest BCUT2D eigenvalue weighted by Crippen LogP contribution is 2.14. The van der Waals surface area contributed by atoms with E-state index in [2.05, 4.69) is 5.32 Å². The van der Waals surface area contributed by atoms with Crippen LogP contribution in [0.25, 0.3) is 0 Å². The summed E-state index contributed by atoms with van der Waals surface area (Å²) < 4.78 is 1.76. The summed E-state index contributed by atoms with van der Waals surface area (Å²) in [6.07, 6.45) is 1.78.